The standard InChI is InChI=1S/C11H14N2O4S2/c1-6(2)5-13-8-3-7(11(14)15)4-9(10(8)18)19(12,16)17/h3-4,13,18H,1,5H2,2H3,(H,14,15)(H2,12,16,17). The summed E-state index contributed by atoms with van der Waals surface area (Å²) in [6.07, 6.45) is 0. The van der Waals surface area contributed by atoms with Crippen molar-refractivity contribution in [3.8, 4) is 0 Å². The van der Waals surface area contributed by atoms with Gasteiger partial charge in [0.15, 0.2) is 0 Å². The summed E-state index contributed by atoms with van der Waals surface area (Å²) in [4.78, 5) is 10.7. The number of thiol groups is 1. The molecule has 0 radical (unpaired) electrons. The average Bonchev–Trinajstić information content (AvgIpc) is 2.25. The molecule has 19 heavy (non-hydrogen) atoms. The number of carbonyl (C=O) groups is 1. The topological polar surface area (TPSA) is 109 Å². The highest BCUT2D eigenvalue weighted by atomic mass is 32.2. The van der Waals surface area contributed by atoms with Gasteiger partial charge in [0.1, 0.15) is 0 Å². The van der Waals surface area contributed by atoms with E-state index >= 15 is 0 Å². The SMILES string of the molecule is C=C(C)CNc1cc(C(=O)O)cc(S(N)(=O)=O)c1S. The summed E-state index contributed by atoms with van der Waals surface area (Å²) in [6, 6.07) is 2.27. The first-order chi connectivity index (χ1) is 8.62. The zero-order chi connectivity index (χ0) is 14.8. The molecular formula is C11H14N2O4S2. The molecule has 1 rings (SSSR count). The van der Waals surface area contributed by atoms with Gasteiger partial charge in [-0.1, -0.05) is 12.2 Å². The summed E-state index contributed by atoms with van der Waals surface area (Å²) in [5, 5.41) is 16.9. The molecule has 4 N–H and O–H groups in total. The first kappa shape index (κ1) is 15.5. The van der Waals surface area contributed by atoms with Crippen LogP contribution in [0.3, 0.4) is 0 Å². The van der Waals surface area contributed by atoms with Crippen molar-refractivity contribution < 1.29 is 18.3 Å². The van der Waals surface area contributed by atoms with Gasteiger partial charge in [0, 0.05) is 11.4 Å². The average molecular weight is 302 g/mol. The number of carboxylic acids is 1. The number of rotatable bonds is 5. The van der Waals surface area contributed by atoms with Crippen molar-refractivity contribution >= 4 is 34.3 Å². The van der Waals surface area contributed by atoms with Crippen LogP contribution in [0.1, 0.15) is 17.3 Å². The molecule has 0 fully saturated rings. The molecular weight excluding hydrogens is 288 g/mol. The van der Waals surface area contributed by atoms with E-state index in [1.807, 2.05) is 0 Å². The molecule has 0 saturated carbocycles. The number of carboxylic acid groups (broad SMARTS) is 1. The third-order valence-corrected chi connectivity index (χ3v) is 3.78. The van der Waals surface area contributed by atoms with Crippen molar-refractivity contribution in [3.63, 3.8) is 0 Å². The van der Waals surface area contributed by atoms with Gasteiger partial charge in [0.2, 0.25) is 10.0 Å². The number of hydrogen-bond acceptors (Lipinski definition) is 5. The molecule has 0 unspecified atom stereocenters. The van der Waals surface area contributed by atoms with Gasteiger partial charge in [0.25, 0.3) is 0 Å². The van der Waals surface area contributed by atoms with Gasteiger partial charge in [0.05, 0.1) is 16.1 Å². The van der Waals surface area contributed by atoms with Crippen molar-refractivity contribution in [1.82, 2.24) is 0 Å². The van der Waals surface area contributed by atoms with Crippen molar-refractivity contribution in [2.75, 3.05) is 11.9 Å². The van der Waals surface area contributed by atoms with E-state index in [2.05, 4.69) is 24.5 Å². The Bertz CT molecular complexity index is 638. The van der Waals surface area contributed by atoms with E-state index in [0.29, 0.717) is 6.54 Å². The van der Waals surface area contributed by atoms with Crippen LogP contribution in [0.15, 0.2) is 34.1 Å². The smallest absolute Gasteiger partial charge is 0.335 e. The molecule has 8 heteroatoms. The number of nitrogens with one attached hydrogen (secondary N) is 1. The Labute approximate surface area is 116 Å². The van der Waals surface area contributed by atoms with Crippen LogP contribution < -0.4 is 10.5 Å². The molecule has 0 aliphatic heterocycles. The highest BCUT2D eigenvalue weighted by Crippen LogP contribution is 2.29. The normalized spacial score (nSPS) is 11.1. The Balaban J connectivity index is 3.41. The van der Waals surface area contributed by atoms with E-state index in [0.717, 1.165) is 11.6 Å². The lowest BCUT2D eigenvalue weighted by Gasteiger charge is -2.13. The third-order valence-electron chi connectivity index (χ3n) is 2.21. The summed E-state index contributed by atoms with van der Waals surface area (Å²) < 4.78 is 22.8. The van der Waals surface area contributed by atoms with E-state index < -0.39 is 16.0 Å². The molecule has 0 heterocycles. The van der Waals surface area contributed by atoms with E-state index in [-0.39, 0.29) is 21.0 Å². The largest absolute Gasteiger partial charge is 0.478 e. The maximum Gasteiger partial charge on any atom is 0.335 e. The van der Waals surface area contributed by atoms with Crippen molar-refractivity contribution in [1.29, 1.82) is 0 Å². The van der Waals surface area contributed by atoms with Gasteiger partial charge in [-0.05, 0) is 19.1 Å². The third kappa shape index (κ3) is 3.98. The molecule has 1 aromatic rings. The molecule has 0 spiro atoms. The molecule has 0 aliphatic carbocycles. The molecule has 104 valence electrons. The minimum Gasteiger partial charge on any atom is -0.478 e. The summed E-state index contributed by atoms with van der Waals surface area (Å²) in [5.41, 5.74) is 0.881. The fraction of sp³-hybridized carbons (Fsp3) is 0.182. The second kappa shape index (κ2) is 5.64. The number of anilines is 1. The molecule has 1 aromatic carbocycles. The van der Waals surface area contributed by atoms with E-state index in [1.54, 1.807) is 6.92 Å². The lowest BCUT2D eigenvalue weighted by Crippen LogP contribution is -2.15. The Hall–Kier alpha value is -1.51. The van der Waals surface area contributed by atoms with Crippen molar-refractivity contribution in [2.45, 2.75) is 16.7 Å². The lowest BCUT2D eigenvalue weighted by molar-refractivity contribution is 0.0696. The zero-order valence-electron chi connectivity index (χ0n) is 10.2. The number of nitrogens with two attached hydrogens (primary N) is 1. The summed E-state index contributed by atoms with van der Waals surface area (Å²) in [7, 11) is -4.05. The maximum atomic E-state index is 11.4. The summed E-state index contributed by atoms with van der Waals surface area (Å²) in [6.45, 7) is 5.81. The number of hydrogen-bond donors (Lipinski definition) is 4. The van der Waals surface area contributed by atoms with E-state index in [4.69, 9.17) is 10.2 Å². The Morgan fingerprint density at radius 1 is 1.53 bits per heavy atom. The van der Waals surface area contributed by atoms with Crippen LogP contribution in [0, 0.1) is 0 Å². The van der Waals surface area contributed by atoms with E-state index in [1.165, 1.54) is 6.07 Å². The molecule has 0 saturated heterocycles. The Morgan fingerprint density at radius 3 is 2.53 bits per heavy atom. The van der Waals surface area contributed by atoms with Gasteiger partial charge in [-0.3, -0.25) is 0 Å². The van der Waals surface area contributed by atoms with Crippen molar-refractivity contribution in [2.24, 2.45) is 5.14 Å². The number of sulfonamides is 1. The first-order valence-corrected chi connectivity index (χ1v) is 7.13. The summed E-state index contributed by atoms with van der Waals surface area (Å²) >= 11 is 4.08. The van der Waals surface area contributed by atoms with Gasteiger partial charge >= 0.3 is 5.97 Å². The predicted molar refractivity (Wildman–Crippen MR) is 75.3 cm³/mol. The van der Waals surface area contributed by atoms with Gasteiger partial charge in [-0.15, -0.1) is 12.6 Å². The fourth-order valence-electron chi connectivity index (χ4n) is 1.33. The number of benzene rings is 1. The molecule has 6 nitrogen and oxygen atoms in total. The molecule has 0 atom stereocenters. The number of aromatic carboxylic acids is 1. The second-order valence-electron chi connectivity index (χ2n) is 4.03. The van der Waals surface area contributed by atoms with Gasteiger partial charge < -0.3 is 10.4 Å². The molecule has 0 aliphatic rings. The van der Waals surface area contributed by atoms with Crippen LogP contribution in [0.25, 0.3) is 0 Å². The highest BCUT2D eigenvalue weighted by molar-refractivity contribution is 7.90. The van der Waals surface area contributed by atoms with Crippen LogP contribution in [0.2, 0.25) is 0 Å². The summed E-state index contributed by atoms with van der Waals surface area (Å²) in [5.74, 6) is -1.25. The van der Waals surface area contributed by atoms with E-state index in [9.17, 15) is 13.2 Å². The Kier molecular flexibility index (Phi) is 4.61. The van der Waals surface area contributed by atoms with Gasteiger partial charge in [-0.2, -0.15) is 0 Å². The first-order valence-electron chi connectivity index (χ1n) is 5.14. The quantitative estimate of drug-likeness (QED) is 0.484. The monoisotopic (exact) mass is 302 g/mol. The predicted octanol–water partition coefficient (Wildman–Crippen LogP) is 1.31. The van der Waals surface area contributed by atoms with Crippen molar-refractivity contribution in [3.05, 3.63) is 29.8 Å². The minimum absolute atomic E-state index is 0.0775. The van der Waals surface area contributed by atoms with Crippen LogP contribution in [-0.4, -0.2) is 26.0 Å². The highest BCUT2D eigenvalue weighted by Gasteiger charge is 2.19. The molecule has 0 bridgehead atoms. The van der Waals surface area contributed by atoms with Gasteiger partial charge in [-0.25, -0.2) is 18.4 Å². The molecule has 0 amide bonds. The van der Waals surface area contributed by atoms with Crippen LogP contribution in [0.5, 0.6) is 0 Å². The number of primary sulfonamides is 1. The fourth-order valence-corrected chi connectivity index (χ4v) is 2.59. The van der Waals surface area contributed by atoms with Crippen LogP contribution in [0.4, 0.5) is 5.69 Å². The minimum atomic E-state index is -4.05. The van der Waals surface area contributed by atoms with Crippen LogP contribution >= 0.6 is 12.6 Å². The maximum absolute atomic E-state index is 11.4. The second-order valence-corrected chi connectivity index (χ2v) is 6.01. The molecule has 0 aromatic heterocycles. The zero-order valence-corrected chi connectivity index (χ0v) is 11.9. The lowest BCUT2D eigenvalue weighted by atomic mass is 10.2. The Morgan fingerprint density at radius 2 is 2.11 bits per heavy atom. The van der Waals surface area contributed by atoms with Crippen LogP contribution in [-0.2, 0) is 10.0 Å².